The Morgan fingerprint density at radius 2 is 1.93 bits per heavy atom. The number of benzene rings is 2. The molecule has 0 saturated heterocycles. The van der Waals surface area contributed by atoms with Crippen molar-refractivity contribution in [3.63, 3.8) is 0 Å². The molecule has 0 bridgehead atoms. The number of nitrogens with zero attached hydrogens (tertiary/aromatic N) is 4. The van der Waals surface area contributed by atoms with Crippen molar-refractivity contribution in [3.05, 3.63) is 70.5 Å². The number of carbonyl (C=O) groups is 1. The molecule has 0 aliphatic rings. The molecule has 4 aromatic rings. The highest BCUT2D eigenvalue weighted by Crippen LogP contribution is 2.31. The first-order valence-electron chi connectivity index (χ1n) is 9.23. The van der Waals surface area contributed by atoms with Gasteiger partial charge in [0.1, 0.15) is 22.9 Å². The molecule has 152 valence electrons. The van der Waals surface area contributed by atoms with Gasteiger partial charge in [-0.3, -0.25) is 19.6 Å². The summed E-state index contributed by atoms with van der Waals surface area (Å²) in [5.41, 5.74) is 2.49. The van der Waals surface area contributed by atoms with Crippen LogP contribution < -0.4 is 5.32 Å². The number of nitrogens with one attached hydrogen (secondary N) is 1. The summed E-state index contributed by atoms with van der Waals surface area (Å²) in [5.74, 6) is -0.330. The predicted octanol–water partition coefficient (Wildman–Crippen LogP) is 4.75. The fourth-order valence-electron chi connectivity index (χ4n) is 2.95. The molecule has 2 aromatic heterocycles. The van der Waals surface area contributed by atoms with E-state index in [2.05, 4.69) is 28.4 Å². The van der Waals surface area contributed by atoms with E-state index in [1.807, 2.05) is 36.4 Å². The minimum Gasteiger partial charge on any atom is -0.324 e. The van der Waals surface area contributed by atoms with Crippen LogP contribution in [-0.4, -0.2) is 25.6 Å². The number of rotatable bonds is 5. The average Bonchev–Trinajstić information content (AvgIpc) is 3.36. The number of hydrogen-bond donors (Lipinski definition) is 1. The first kappa shape index (κ1) is 19.7. The molecule has 0 spiro atoms. The molecule has 0 fully saturated rings. The van der Waals surface area contributed by atoms with Gasteiger partial charge in [-0.2, -0.15) is 5.10 Å². The van der Waals surface area contributed by atoms with Crippen molar-refractivity contribution in [1.82, 2.24) is 14.8 Å². The quantitative estimate of drug-likeness (QED) is 0.370. The summed E-state index contributed by atoms with van der Waals surface area (Å²) in [4.78, 5) is 27.8. The van der Waals surface area contributed by atoms with Crippen LogP contribution in [0.4, 0.5) is 11.4 Å². The molecular weight excluding hydrogens is 402 g/mol. The molecule has 1 amide bonds. The van der Waals surface area contributed by atoms with Gasteiger partial charge in [-0.25, -0.2) is 4.98 Å². The SMILES string of the molecule is Cc1ccc2nc(-c3ccc(NC(=O)C(C)(C)n4cc([N+](=O)[O-])cn4)cc3)sc2c1. The van der Waals surface area contributed by atoms with Crippen LogP contribution >= 0.6 is 11.3 Å². The fraction of sp³-hybridized carbons (Fsp3) is 0.190. The third-order valence-corrected chi connectivity index (χ3v) is 5.91. The molecule has 1 N–H and O–H groups in total. The predicted molar refractivity (Wildman–Crippen MR) is 117 cm³/mol. The second kappa shape index (κ2) is 7.34. The number of anilines is 1. The third-order valence-electron chi connectivity index (χ3n) is 4.84. The van der Waals surface area contributed by atoms with Crippen molar-refractivity contribution >= 4 is 38.8 Å². The standard InChI is InChI=1S/C21H19N5O3S/c1-13-4-9-17-18(10-13)30-19(24-17)14-5-7-15(8-6-14)23-20(27)21(2,3)25-12-16(11-22-25)26(28)29/h4-12H,1-3H3,(H,23,27). The lowest BCUT2D eigenvalue weighted by Crippen LogP contribution is -2.40. The van der Waals surface area contributed by atoms with Gasteiger partial charge in [-0.05, 0) is 62.7 Å². The van der Waals surface area contributed by atoms with Crippen LogP contribution in [0.1, 0.15) is 19.4 Å². The number of carbonyl (C=O) groups excluding carboxylic acids is 1. The Balaban J connectivity index is 1.52. The Hall–Kier alpha value is -3.59. The van der Waals surface area contributed by atoms with E-state index < -0.39 is 10.5 Å². The Morgan fingerprint density at radius 1 is 1.20 bits per heavy atom. The van der Waals surface area contributed by atoms with Gasteiger partial charge in [0.25, 0.3) is 5.91 Å². The molecule has 0 radical (unpaired) electrons. The second-order valence-electron chi connectivity index (χ2n) is 7.48. The van der Waals surface area contributed by atoms with Crippen LogP contribution in [0, 0.1) is 17.0 Å². The smallest absolute Gasteiger partial charge is 0.307 e. The molecule has 2 aromatic carbocycles. The van der Waals surface area contributed by atoms with E-state index in [9.17, 15) is 14.9 Å². The molecule has 0 unspecified atom stereocenters. The Bertz CT molecular complexity index is 1260. The Kier molecular flexibility index (Phi) is 4.83. The molecule has 0 atom stereocenters. The second-order valence-corrected chi connectivity index (χ2v) is 8.51. The van der Waals surface area contributed by atoms with Crippen LogP contribution in [0.25, 0.3) is 20.8 Å². The minimum atomic E-state index is -1.10. The van der Waals surface area contributed by atoms with Crippen molar-refractivity contribution in [2.24, 2.45) is 0 Å². The fourth-order valence-corrected chi connectivity index (χ4v) is 4.02. The van der Waals surface area contributed by atoms with Crippen LogP contribution in [0.2, 0.25) is 0 Å². The van der Waals surface area contributed by atoms with Gasteiger partial charge >= 0.3 is 5.69 Å². The zero-order valence-corrected chi connectivity index (χ0v) is 17.4. The van der Waals surface area contributed by atoms with Gasteiger partial charge in [0.2, 0.25) is 0 Å². The van der Waals surface area contributed by atoms with Crippen LogP contribution in [0.15, 0.2) is 54.9 Å². The summed E-state index contributed by atoms with van der Waals surface area (Å²) in [5, 5.41) is 18.6. The van der Waals surface area contributed by atoms with Gasteiger partial charge < -0.3 is 5.32 Å². The summed E-state index contributed by atoms with van der Waals surface area (Å²) in [6, 6.07) is 13.6. The molecule has 9 heteroatoms. The zero-order valence-electron chi connectivity index (χ0n) is 16.6. The summed E-state index contributed by atoms with van der Waals surface area (Å²) in [6.45, 7) is 5.35. The largest absolute Gasteiger partial charge is 0.324 e. The number of aryl methyl sites for hydroxylation is 1. The monoisotopic (exact) mass is 421 g/mol. The molecule has 0 aliphatic carbocycles. The van der Waals surface area contributed by atoms with Gasteiger partial charge in [0.15, 0.2) is 0 Å². The highest BCUT2D eigenvalue weighted by Gasteiger charge is 2.32. The minimum absolute atomic E-state index is 0.161. The summed E-state index contributed by atoms with van der Waals surface area (Å²) in [7, 11) is 0. The van der Waals surface area contributed by atoms with E-state index in [1.165, 1.54) is 16.4 Å². The Labute approximate surface area is 176 Å². The molecule has 0 aliphatic heterocycles. The van der Waals surface area contributed by atoms with Crippen LogP contribution in [0.3, 0.4) is 0 Å². The topological polar surface area (TPSA) is 103 Å². The van der Waals surface area contributed by atoms with Gasteiger partial charge in [0.05, 0.1) is 15.1 Å². The summed E-state index contributed by atoms with van der Waals surface area (Å²) >= 11 is 1.63. The lowest BCUT2D eigenvalue weighted by molar-refractivity contribution is -0.385. The number of fused-ring (bicyclic) bond motifs is 1. The highest BCUT2D eigenvalue weighted by molar-refractivity contribution is 7.21. The average molecular weight is 421 g/mol. The number of aromatic nitrogens is 3. The van der Waals surface area contributed by atoms with Crippen LogP contribution in [0.5, 0.6) is 0 Å². The highest BCUT2D eigenvalue weighted by atomic mass is 32.1. The van der Waals surface area contributed by atoms with E-state index in [0.29, 0.717) is 5.69 Å². The van der Waals surface area contributed by atoms with E-state index in [-0.39, 0.29) is 11.6 Å². The van der Waals surface area contributed by atoms with Crippen molar-refractivity contribution in [1.29, 1.82) is 0 Å². The van der Waals surface area contributed by atoms with Gasteiger partial charge in [-0.15, -0.1) is 11.3 Å². The first-order chi connectivity index (χ1) is 14.2. The van der Waals surface area contributed by atoms with Crippen molar-refractivity contribution in [2.75, 3.05) is 5.32 Å². The van der Waals surface area contributed by atoms with E-state index in [4.69, 9.17) is 0 Å². The first-order valence-corrected chi connectivity index (χ1v) is 10.0. The summed E-state index contributed by atoms with van der Waals surface area (Å²) in [6.07, 6.45) is 2.38. The number of thiazole rings is 1. The maximum atomic E-state index is 12.8. The molecular formula is C21H19N5O3S. The van der Waals surface area contributed by atoms with E-state index >= 15 is 0 Å². The lowest BCUT2D eigenvalue weighted by atomic mass is 10.0. The molecule has 8 nitrogen and oxygen atoms in total. The number of nitro groups is 1. The van der Waals surface area contributed by atoms with E-state index in [0.717, 1.165) is 27.0 Å². The van der Waals surface area contributed by atoms with E-state index in [1.54, 1.807) is 25.2 Å². The third kappa shape index (κ3) is 3.67. The molecule has 30 heavy (non-hydrogen) atoms. The maximum absolute atomic E-state index is 12.8. The lowest BCUT2D eigenvalue weighted by Gasteiger charge is -2.23. The normalized spacial score (nSPS) is 11.6. The summed E-state index contributed by atoms with van der Waals surface area (Å²) < 4.78 is 2.43. The number of hydrogen-bond acceptors (Lipinski definition) is 6. The molecule has 2 heterocycles. The van der Waals surface area contributed by atoms with Crippen molar-refractivity contribution in [3.8, 4) is 10.6 Å². The molecule has 4 rings (SSSR count). The van der Waals surface area contributed by atoms with Crippen molar-refractivity contribution < 1.29 is 9.72 Å². The van der Waals surface area contributed by atoms with Gasteiger partial charge in [0, 0.05) is 11.3 Å². The van der Waals surface area contributed by atoms with Gasteiger partial charge in [-0.1, -0.05) is 6.07 Å². The zero-order chi connectivity index (χ0) is 21.5. The van der Waals surface area contributed by atoms with Crippen molar-refractivity contribution in [2.45, 2.75) is 26.3 Å². The number of amides is 1. The molecule has 0 saturated carbocycles. The van der Waals surface area contributed by atoms with Crippen LogP contribution in [-0.2, 0) is 10.3 Å². The Morgan fingerprint density at radius 3 is 2.60 bits per heavy atom. The maximum Gasteiger partial charge on any atom is 0.307 e.